The van der Waals surface area contributed by atoms with E-state index < -0.39 is 11.8 Å². The van der Waals surface area contributed by atoms with E-state index in [1.54, 1.807) is 48.5 Å². The summed E-state index contributed by atoms with van der Waals surface area (Å²) in [5.41, 5.74) is 6.29. The minimum absolute atomic E-state index is 0.0462. The molecule has 0 aliphatic heterocycles. The Labute approximate surface area is 193 Å². The molecule has 0 saturated carbocycles. The van der Waals surface area contributed by atoms with Crippen LogP contribution in [0.25, 0.3) is 0 Å². The van der Waals surface area contributed by atoms with Gasteiger partial charge in [-0.2, -0.15) is 0 Å². The summed E-state index contributed by atoms with van der Waals surface area (Å²) in [6, 6.07) is 13.1. The standard InChI is InChI=1S/C23H28N4O4S/c1-3-5-15-31-19-13-9-16(10-14-19)21(29)25-23(32)27-26-22(30)17-7-11-18(12-8-17)24-20(28)6-4-2/h7-14H,3-6,15H2,1-2H3,(H,24,28)(H,26,30)(H2,25,27,29,32). The maximum Gasteiger partial charge on any atom is 0.269 e. The van der Waals surface area contributed by atoms with Gasteiger partial charge in [0.25, 0.3) is 11.8 Å². The number of unbranched alkanes of at least 4 members (excludes halogenated alkanes) is 1. The average molecular weight is 457 g/mol. The minimum atomic E-state index is -0.443. The number of hydrazine groups is 1. The van der Waals surface area contributed by atoms with Crippen LogP contribution >= 0.6 is 12.2 Å². The molecule has 170 valence electrons. The first-order valence-corrected chi connectivity index (χ1v) is 10.9. The van der Waals surface area contributed by atoms with Crippen molar-refractivity contribution in [1.82, 2.24) is 16.2 Å². The molecule has 0 saturated heterocycles. The SMILES string of the molecule is CCCCOc1ccc(C(=O)NC(=S)NNC(=O)c2ccc(NC(=O)CCC)cc2)cc1. The molecule has 8 nitrogen and oxygen atoms in total. The third kappa shape index (κ3) is 8.35. The lowest BCUT2D eigenvalue weighted by Gasteiger charge is -2.12. The molecule has 2 aromatic rings. The number of carbonyl (C=O) groups excluding carboxylic acids is 3. The van der Waals surface area contributed by atoms with Crippen LogP contribution < -0.4 is 26.2 Å². The van der Waals surface area contributed by atoms with Gasteiger partial charge in [0, 0.05) is 23.2 Å². The topological polar surface area (TPSA) is 109 Å². The van der Waals surface area contributed by atoms with E-state index in [1.165, 1.54) is 0 Å². The van der Waals surface area contributed by atoms with Crippen LogP contribution in [0.3, 0.4) is 0 Å². The lowest BCUT2D eigenvalue weighted by molar-refractivity contribution is -0.116. The van der Waals surface area contributed by atoms with E-state index in [0.717, 1.165) is 19.3 Å². The number of ether oxygens (including phenoxy) is 1. The fourth-order valence-electron chi connectivity index (χ4n) is 2.58. The number of amides is 3. The van der Waals surface area contributed by atoms with Crippen molar-refractivity contribution in [2.75, 3.05) is 11.9 Å². The maximum absolute atomic E-state index is 12.3. The Morgan fingerprint density at radius 2 is 1.47 bits per heavy atom. The summed E-state index contributed by atoms with van der Waals surface area (Å²) >= 11 is 5.06. The van der Waals surface area contributed by atoms with E-state index >= 15 is 0 Å². The Kier molecular flexibility index (Phi) is 10.1. The van der Waals surface area contributed by atoms with Crippen LogP contribution in [0, 0.1) is 0 Å². The molecule has 32 heavy (non-hydrogen) atoms. The van der Waals surface area contributed by atoms with Crippen molar-refractivity contribution < 1.29 is 19.1 Å². The summed E-state index contributed by atoms with van der Waals surface area (Å²) < 4.78 is 5.57. The first-order chi connectivity index (χ1) is 15.4. The second kappa shape index (κ2) is 13.1. The molecular weight excluding hydrogens is 428 g/mol. The fourth-order valence-corrected chi connectivity index (χ4v) is 2.73. The molecule has 0 atom stereocenters. The highest BCUT2D eigenvalue weighted by Gasteiger charge is 2.10. The second-order valence-corrected chi connectivity index (χ2v) is 7.37. The van der Waals surface area contributed by atoms with Gasteiger partial charge in [-0.3, -0.25) is 30.6 Å². The van der Waals surface area contributed by atoms with Crippen molar-refractivity contribution in [1.29, 1.82) is 0 Å². The molecule has 0 aromatic heterocycles. The summed E-state index contributed by atoms with van der Waals surface area (Å²) in [4.78, 5) is 36.1. The predicted octanol–water partition coefficient (Wildman–Crippen LogP) is 3.55. The highest BCUT2D eigenvalue weighted by atomic mass is 32.1. The average Bonchev–Trinajstić information content (AvgIpc) is 2.78. The van der Waals surface area contributed by atoms with Crippen LogP contribution in [0.2, 0.25) is 0 Å². The quantitative estimate of drug-likeness (QED) is 0.261. The monoisotopic (exact) mass is 456 g/mol. The molecular formula is C23H28N4O4S. The Morgan fingerprint density at radius 1 is 0.844 bits per heavy atom. The van der Waals surface area contributed by atoms with Gasteiger partial charge >= 0.3 is 0 Å². The van der Waals surface area contributed by atoms with Crippen LogP contribution in [0.4, 0.5) is 5.69 Å². The van der Waals surface area contributed by atoms with Gasteiger partial charge in [0.05, 0.1) is 6.61 Å². The van der Waals surface area contributed by atoms with Crippen LogP contribution in [0.15, 0.2) is 48.5 Å². The van der Waals surface area contributed by atoms with Gasteiger partial charge < -0.3 is 10.1 Å². The molecule has 9 heteroatoms. The lowest BCUT2D eigenvalue weighted by atomic mass is 10.2. The molecule has 4 N–H and O–H groups in total. The van der Waals surface area contributed by atoms with Crippen LogP contribution in [-0.2, 0) is 4.79 Å². The van der Waals surface area contributed by atoms with Crippen molar-refractivity contribution in [2.24, 2.45) is 0 Å². The van der Waals surface area contributed by atoms with E-state index in [2.05, 4.69) is 28.4 Å². The molecule has 0 fully saturated rings. The van der Waals surface area contributed by atoms with E-state index in [4.69, 9.17) is 17.0 Å². The van der Waals surface area contributed by atoms with E-state index in [1.807, 2.05) is 6.92 Å². The summed E-state index contributed by atoms with van der Waals surface area (Å²) in [5.74, 6) is -0.240. The smallest absolute Gasteiger partial charge is 0.269 e. The summed E-state index contributed by atoms with van der Waals surface area (Å²) in [7, 11) is 0. The lowest BCUT2D eigenvalue weighted by Crippen LogP contribution is -2.48. The second-order valence-electron chi connectivity index (χ2n) is 6.96. The molecule has 3 amide bonds. The van der Waals surface area contributed by atoms with Crippen LogP contribution in [-0.4, -0.2) is 29.4 Å². The number of nitrogens with one attached hydrogen (secondary N) is 4. The zero-order valence-electron chi connectivity index (χ0n) is 18.2. The number of hydrogen-bond acceptors (Lipinski definition) is 5. The zero-order chi connectivity index (χ0) is 23.3. The summed E-state index contributed by atoms with van der Waals surface area (Å²) in [5, 5.41) is 5.20. The molecule has 2 rings (SSSR count). The first-order valence-electron chi connectivity index (χ1n) is 10.5. The third-order valence-corrected chi connectivity index (χ3v) is 4.51. The van der Waals surface area contributed by atoms with Gasteiger partial charge in [0.1, 0.15) is 5.75 Å². The highest BCUT2D eigenvalue weighted by Crippen LogP contribution is 2.13. The third-order valence-electron chi connectivity index (χ3n) is 4.31. The highest BCUT2D eigenvalue weighted by molar-refractivity contribution is 7.80. The Morgan fingerprint density at radius 3 is 2.09 bits per heavy atom. The summed E-state index contributed by atoms with van der Waals surface area (Å²) in [6.45, 7) is 4.64. The Hall–Kier alpha value is -3.46. The zero-order valence-corrected chi connectivity index (χ0v) is 19.0. The number of hydrogen-bond donors (Lipinski definition) is 4. The first kappa shape index (κ1) is 24.8. The largest absolute Gasteiger partial charge is 0.494 e. The van der Waals surface area contributed by atoms with Gasteiger partial charge in [-0.25, -0.2) is 0 Å². The van der Waals surface area contributed by atoms with E-state index in [0.29, 0.717) is 35.6 Å². The normalized spacial score (nSPS) is 10.1. The molecule has 2 aromatic carbocycles. The summed E-state index contributed by atoms with van der Waals surface area (Å²) in [6.07, 6.45) is 3.21. The fraction of sp³-hybridized carbons (Fsp3) is 0.304. The van der Waals surface area contributed by atoms with Gasteiger partial charge in [-0.1, -0.05) is 20.3 Å². The molecule has 0 aliphatic carbocycles. The molecule has 0 radical (unpaired) electrons. The van der Waals surface area contributed by atoms with Gasteiger partial charge in [-0.05, 0) is 73.6 Å². The Bertz CT molecular complexity index is 930. The molecule has 0 spiro atoms. The number of benzene rings is 2. The molecule has 0 unspecified atom stereocenters. The maximum atomic E-state index is 12.3. The van der Waals surface area contributed by atoms with Crippen molar-refractivity contribution >= 4 is 40.7 Å². The molecule has 0 bridgehead atoms. The van der Waals surface area contributed by atoms with Crippen LogP contribution in [0.5, 0.6) is 5.75 Å². The molecule has 0 aliphatic rings. The number of carbonyl (C=O) groups is 3. The van der Waals surface area contributed by atoms with Gasteiger partial charge in [0.15, 0.2) is 5.11 Å². The van der Waals surface area contributed by atoms with Gasteiger partial charge in [0.2, 0.25) is 5.91 Å². The van der Waals surface area contributed by atoms with Crippen molar-refractivity contribution in [3.63, 3.8) is 0 Å². The van der Waals surface area contributed by atoms with Crippen molar-refractivity contribution in [3.05, 3.63) is 59.7 Å². The number of rotatable bonds is 9. The van der Waals surface area contributed by atoms with Gasteiger partial charge in [-0.15, -0.1) is 0 Å². The van der Waals surface area contributed by atoms with E-state index in [9.17, 15) is 14.4 Å². The van der Waals surface area contributed by atoms with E-state index in [-0.39, 0.29) is 11.0 Å². The molecule has 0 heterocycles. The minimum Gasteiger partial charge on any atom is -0.494 e. The predicted molar refractivity (Wildman–Crippen MR) is 127 cm³/mol. The van der Waals surface area contributed by atoms with Crippen molar-refractivity contribution in [2.45, 2.75) is 39.5 Å². The van der Waals surface area contributed by atoms with Crippen molar-refractivity contribution in [3.8, 4) is 5.75 Å². The number of anilines is 1. The number of thiocarbonyl (C=S) groups is 1. The Balaban J connectivity index is 1.78. The van der Waals surface area contributed by atoms with Crippen LogP contribution in [0.1, 0.15) is 60.2 Å².